The van der Waals surface area contributed by atoms with E-state index in [1.165, 1.54) is 44.9 Å². The molecule has 0 aromatic carbocycles. The normalized spacial score (nSPS) is 14.2. The minimum Gasteiger partial charge on any atom is -0.462 e. The summed E-state index contributed by atoms with van der Waals surface area (Å²) in [5.41, 5.74) is 0. The molecule has 0 aromatic heterocycles. The second-order valence-corrected chi connectivity index (χ2v) is 20.1. The van der Waals surface area contributed by atoms with Crippen LogP contribution in [0.15, 0.2) is 109 Å². The van der Waals surface area contributed by atoms with Crippen molar-refractivity contribution in [1.82, 2.24) is 0 Å². The molecule has 0 spiro atoms. The van der Waals surface area contributed by atoms with E-state index in [1.54, 1.807) is 0 Å². The van der Waals surface area contributed by atoms with Crippen molar-refractivity contribution in [2.24, 2.45) is 0 Å². The third kappa shape index (κ3) is 53.0. The number of allylic oxidation sites excluding steroid dienone is 18. The number of phosphoric ester groups is 1. The van der Waals surface area contributed by atoms with Crippen molar-refractivity contribution in [2.75, 3.05) is 26.4 Å². The Morgan fingerprint density at radius 3 is 1.14 bits per heavy atom. The first-order valence-electron chi connectivity index (χ1n) is 28.8. The van der Waals surface area contributed by atoms with Gasteiger partial charge in [0.15, 0.2) is 6.10 Å². The molecule has 0 aliphatic rings. The summed E-state index contributed by atoms with van der Waals surface area (Å²) in [5.74, 6) is -1.55. The van der Waals surface area contributed by atoms with Crippen molar-refractivity contribution in [3.8, 4) is 0 Å². The monoisotopic (exact) mass is 1050 g/mol. The summed E-state index contributed by atoms with van der Waals surface area (Å²) < 4.78 is 39.4. The van der Waals surface area contributed by atoms with Crippen LogP contribution in [0.5, 0.6) is 0 Å². The van der Waals surface area contributed by atoms with Gasteiger partial charge in [-0.25, -0.2) is 4.57 Å². The minimum atomic E-state index is -4.77. The van der Waals surface area contributed by atoms with Gasteiger partial charge in [-0.15, -0.1) is 0 Å². The van der Waals surface area contributed by atoms with Gasteiger partial charge in [0.1, 0.15) is 12.7 Å². The lowest BCUT2D eigenvalue weighted by molar-refractivity contribution is -0.161. The highest BCUT2D eigenvalue weighted by Crippen LogP contribution is 2.43. The van der Waals surface area contributed by atoms with Crippen molar-refractivity contribution in [3.63, 3.8) is 0 Å². The van der Waals surface area contributed by atoms with Gasteiger partial charge < -0.3 is 24.2 Å². The number of esters is 3. The Hall–Kier alpha value is -3.86. The Balaban J connectivity index is 4.77. The maximum atomic E-state index is 12.9. The number of unbranched alkanes of at least 4 members (excludes halogenated alkanes) is 17. The molecule has 0 aliphatic heterocycles. The molecule has 0 bridgehead atoms. The molecular formula is C62H103O11P. The van der Waals surface area contributed by atoms with Crippen LogP contribution < -0.4 is 0 Å². The van der Waals surface area contributed by atoms with Crippen molar-refractivity contribution in [2.45, 2.75) is 238 Å². The maximum Gasteiger partial charge on any atom is 0.472 e. The molecule has 11 nitrogen and oxygen atoms in total. The number of hydrogen-bond donors (Lipinski definition) is 2. The lowest BCUT2D eigenvalue weighted by Gasteiger charge is -2.21. The smallest absolute Gasteiger partial charge is 0.462 e. The fraction of sp³-hybridized carbons (Fsp3) is 0.661. The Morgan fingerprint density at radius 2 is 0.716 bits per heavy atom. The summed E-state index contributed by atoms with van der Waals surface area (Å²) in [7, 11) is -4.77. The highest BCUT2D eigenvalue weighted by molar-refractivity contribution is 7.47. The van der Waals surface area contributed by atoms with Crippen molar-refractivity contribution < 1.29 is 52.2 Å². The van der Waals surface area contributed by atoms with E-state index in [9.17, 15) is 28.9 Å². The number of carbonyl (C=O) groups is 3. The molecule has 0 amide bonds. The van der Waals surface area contributed by atoms with E-state index in [1.807, 2.05) is 12.2 Å². The molecule has 0 saturated carbocycles. The quantitative estimate of drug-likeness (QED) is 0.0197. The van der Waals surface area contributed by atoms with Crippen molar-refractivity contribution >= 4 is 25.7 Å². The van der Waals surface area contributed by atoms with Gasteiger partial charge in [-0.2, -0.15) is 0 Å². The number of rotatable bonds is 52. The van der Waals surface area contributed by atoms with Crippen molar-refractivity contribution in [1.29, 1.82) is 0 Å². The molecule has 74 heavy (non-hydrogen) atoms. The van der Waals surface area contributed by atoms with E-state index in [4.69, 9.17) is 23.3 Å². The number of ether oxygens (including phenoxy) is 3. The van der Waals surface area contributed by atoms with E-state index in [0.29, 0.717) is 25.7 Å². The number of hydrogen-bond acceptors (Lipinski definition) is 10. The van der Waals surface area contributed by atoms with E-state index in [2.05, 4.69) is 118 Å². The van der Waals surface area contributed by atoms with Crippen LogP contribution in [-0.2, 0) is 42.2 Å². The molecule has 2 N–H and O–H groups in total. The van der Waals surface area contributed by atoms with Crippen LogP contribution in [0, 0.1) is 0 Å². The molecule has 0 aliphatic carbocycles. The molecule has 3 unspecified atom stereocenters. The molecule has 0 rings (SSSR count). The SMILES string of the molecule is CC/C=C\C/C=C\C/C=C\C/C=C\C/C=C\CCCC(=O)OC(CO)COP(=O)(O)OCC(COC(=O)CCCCCCCCCCCCC)OC(=O)CCCCCCCC/C=C\C/C=C\C/C=C\C/C=C\CC. The van der Waals surface area contributed by atoms with Crippen molar-refractivity contribution in [3.05, 3.63) is 109 Å². The molecular weight excluding hydrogens is 952 g/mol. The molecule has 0 saturated heterocycles. The summed E-state index contributed by atoms with van der Waals surface area (Å²) in [4.78, 5) is 48.5. The van der Waals surface area contributed by atoms with Gasteiger partial charge in [0, 0.05) is 19.3 Å². The van der Waals surface area contributed by atoms with E-state index >= 15 is 0 Å². The second-order valence-electron chi connectivity index (χ2n) is 18.7. The summed E-state index contributed by atoms with van der Waals surface area (Å²) >= 11 is 0. The predicted molar refractivity (Wildman–Crippen MR) is 307 cm³/mol. The third-order valence-corrected chi connectivity index (χ3v) is 12.6. The zero-order valence-corrected chi connectivity index (χ0v) is 47.4. The highest BCUT2D eigenvalue weighted by Gasteiger charge is 2.28. The van der Waals surface area contributed by atoms with Gasteiger partial charge in [0.25, 0.3) is 0 Å². The number of aliphatic hydroxyl groups is 1. The zero-order chi connectivity index (χ0) is 54.1. The first-order valence-corrected chi connectivity index (χ1v) is 30.3. The minimum absolute atomic E-state index is 0.0936. The lowest BCUT2D eigenvalue weighted by atomic mass is 10.1. The van der Waals surface area contributed by atoms with Gasteiger partial charge >= 0.3 is 25.7 Å². The molecule has 3 atom stereocenters. The molecule has 0 heterocycles. The Labute approximate surface area is 450 Å². The van der Waals surface area contributed by atoms with Gasteiger partial charge in [-0.1, -0.05) is 220 Å². The number of carbonyl (C=O) groups excluding carboxylic acids is 3. The third-order valence-electron chi connectivity index (χ3n) is 11.7. The molecule has 0 aromatic rings. The Morgan fingerprint density at radius 1 is 0.392 bits per heavy atom. The first kappa shape index (κ1) is 70.1. The topological polar surface area (TPSA) is 155 Å². The number of aliphatic hydroxyl groups excluding tert-OH is 1. The predicted octanol–water partition coefficient (Wildman–Crippen LogP) is 17.0. The van der Waals surface area contributed by atoms with E-state index in [-0.39, 0.29) is 25.9 Å². The zero-order valence-electron chi connectivity index (χ0n) is 46.5. The maximum absolute atomic E-state index is 12.9. The summed E-state index contributed by atoms with van der Waals surface area (Å²) in [6, 6.07) is 0. The van der Waals surface area contributed by atoms with Gasteiger partial charge in [-0.05, 0) is 96.3 Å². The standard InChI is InChI=1S/C62H103O11P/c1-4-7-10-13-16-19-22-24-26-28-29-31-33-35-38-41-44-47-50-53-62(66)73-59(55-69-60(64)51-48-45-42-39-36-21-18-15-12-9-6-3)57-71-74(67,68)70-56-58(54-63)72-61(65)52-49-46-43-40-37-34-32-30-27-25-23-20-17-14-11-8-5-2/h7-8,10-11,16-17,19-20,24-27,29,31-32,34,40,43,58-59,63H,4-6,9,12-15,18,21-23,28,30,33,35-39,41-42,44-57H2,1-3H3,(H,67,68)/b10-7-,11-8-,19-16-,20-17-,26-24-,27-25-,31-29-,34-32-,43-40-. The summed E-state index contributed by atoms with van der Waals surface area (Å²) in [6.45, 7) is 4.32. The van der Waals surface area contributed by atoms with E-state index in [0.717, 1.165) is 116 Å². The van der Waals surface area contributed by atoms with Crippen LogP contribution >= 0.6 is 7.82 Å². The fourth-order valence-electron chi connectivity index (χ4n) is 7.38. The average Bonchev–Trinajstić information content (AvgIpc) is 3.39. The van der Waals surface area contributed by atoms with Gasteiger partial charge in [0.2, 0.25) is 0 Å². The molecule has 12 heteroatoms. The van der Waals surface area contributed by atoms with Crippen LogP contribution in [0.4, 0.5) is 0 Å². The van der Waals surface area contributed by atoms with Gasteiger partial charge in [-0.3, -0.25) is 23.4 Å². The highest BCUT2D eigenvalue weighted by atomic mass is 31.2. The van der Waals surface area contributed by atoms with Crippen LogP contribution in [-0.4, -0.2) is 66.5 Å². The van der Waals surface area contributed by atoms with Crippen LogP contribution in [0.2, 0.25) is 0 Å². The molecule has 0 fully saturated rings. The second kappa shape index (κ2) is 55.4. The Bertz CT molecular complexity index is 1660. The molecule has 422 valence electrons. The number of phosphoric acid groups is 1. The lowest BCUT2D eigenvalue weighted by Crippen LogP contribution is -2.30. The fourth-order valence-corrected chi connectivity index (χ4v) is 8.17. The average molecular weight is 1060 g/mol. The Kier molecular flexibility index (Phi) is 52.5. The van der Waals surface area contributed by atoms with Gasteiger partial charge in [0.05, 0.1) is 19.8 Å². The van der Waals surface area contributed by atoms with Crippen LogP contribution in [0.25, 0.3) is 0 Å². The summed E-state index contributed by atoms with van der Waals surface area (Å²) in [6.07, 6.45) is 66.2. The summed E-state index contributed by atoms with van der Waals surface area (Å²) in [5, 5.41) is 9.81. The van der Waals surface area contributed by atoms with Crippen LogP contribution in [0.3, 0.4) is 0 Å². The largest absolute Gasteiger partial charge is 0.472 e. The van der Waals surface area contributed by atoms with E-state index < -0.39 is 57.8 Å². The molecule has 0 radical (unpaired) electrons. The van der Waals surface area contributed by atoms with Crippen LogP contribution in [0.1, 0.15) is 226 Å². The first-order chi connectivity index (χ1) is 36.2.